The van der Waals surface area contributed by atoms with Crippen LogP contribution in [0.3, 0.4) is 0 Å². The predicted molar refractivity (Wildman–Crippen MR) is 65.1 cm³/mol. The SMILES string of the molecule is Cc1cc([C@H](O)CCN)c2ccccc2n1. The molecule has 16 heavy (non-hydrogen) atoms. The molecule has 0 radical (unpaired) electrons. The van der Waals surface area contributed by atoms with E-state index in [-0.39, 0.29) is 0 Å². The lowest BCUT2D eigenvalue weighted by Crippen LogP contribution is -2.07. The lowest BCUT2D eigenvalue weighted by Gasteiger charge is -2.13. The van der Waals surface area contributed by atoms with E-state index in [1.165, 1.54) is 0 Å². The molecule has 3 nitrogen and oxygen atoms in total. The summed E-state index contributed by atoms with van der Waals surface area (Å²) in [6.45, 7) is 2.42. The van der Waals surface area contributed by atoms with Crippen LogP contribution in [0, 0.1) is 6.92 Å². The average Bonchev–Trinajstić information content (AvgIpc) is 2.28. The maximum atomic E-state index is 10.0. The Labute approximate surface area is 94.9 Å². The Morgan fingerprint density at radius 1 is 1.38 bits per heavy atom. The summed E-state index contributed by atoms with van der Waals surface area (Å²) >= 11 is 0. The molecule has 1 atom stereocenters. The topological polar surface area (TPSA) is 59.1 Å². The summed E-state index contributed by atoms with van der Waals surface area (Å²) in [6.07, 6.45) is 0.0737. The standard InChI is InChI=1S/C13H16N2O/c1-9-8-11(13(16)6-7-14)10-4-2-3-5-12(10)15-9/h2-5,8,13,16H,6-7,14H2,1H3/t13-/m1/s1. The molecule has 84 valence electrons. The van der Waals surface area contributed by atoms with E-state index in [2.05, 4.69) is 4.98 Å². The molecule has 0 aliphatic carbocycles. The number of nitrogens with two attached hydrogens (primary N) is 1. The number of rotatable bonds is 3. The lowest BCUT2D eigenvalue weighted by molar-refractivity contribution is 0.171. The van der Waals surface area contributed by atoms with E-state index >= 15 is 0 Å². The first kappa shape index (κ1) is 11.0. The van der Waals surface area contributed by atoms with Crippen molar-refractivity contribution in [3.63, 3.8) is 0 Å². The van der Waals surface area contributed by atoms with E-state index in [1.807, 2.05) is 37.3 Å². The van der Waals surface area contributed by atoms with E-state index in [1.54, 1.807) is 0 Å². The summed E-state index contributed by atoms with van der Waals surface area (Å²) in [5.74, 6) is 0. The third-order valence-corrected chi connectivity index (χ3v) is 2.68. The van der Waals surface area contributed by atoms with Gasteiger partial charge in [0.2, 0.25) is 0 Å². The number of aliphatic hydroxyl groups excluding tert-OH is 1. The maximum absolute atomic E-state index is 10.0. The van der Waals surface area contributed by atoms with Crippen molar-refractivity contribution in [2.24, 2.45) is 5.73 Å². The number of hydrogen-bond donors (Lipinski definition) is 2. The molecule has 3 heteroatoms. The van der Waals surface area contributed by atoms with E-state index in [0.29, 0.717) is 13.0 Å². The fourth-order valence-corrected chi connectivity index (χ4v) is 1.93. The highest BCUT2D eigenvalue weighted by molar-refractivity contribution is 5.82. The van der Waals surface area contributed by atoms with Crippen LogP contribution in [-0.4, -0.2) is 16.6 Å². The molecular weight excluding hydrogens is 200 g/mol. The number of aromatic nitrogens is 1. The summed E-state index contributed by atoms with van der Waals surface area (Å²) in [5, 5.41) is 11.0. The zero-order valence-electron chi connectivity index (χ0n) is 9.35. The summed E-state index contributed by atoms with van der Waals surface area (Å²) < 4.78 is 0. The Bertz CT molecular complexity index is 496. The van der Waals surface area contributed by atoms with Crippen molar-refractivity contribution in [1.82, 2.24) is 4.98 Å². The molecule has 1 heterocycles. The Morgan fingerprint density at radius 2 is 2.12 bits per heavy atom. The van der Waals surface area contributed by atoms with Crippen LogP contribution in [0.15, 0.2) is 30.3 Å². The molecule has 3 N–H and O–H groups in total. The zero-order valence-corrected chi connectivity index (χ0v) is 9.35. The van der Waals surface area contributed by atoms with Crippen LogP contribution in [0.5, 0.6) is 0 Å². The quantitative estimate of drug-likeness (QED) is 0.824. The van der Waals surface area contributed by atoms with Gasteiger partial charge < -0.3 is 10.8 Å². The fourth-order valence-electron chi connectivity index (χ4n) is 1.93. The molecule has 0 saturated carbocycles. The Balaban J connectivity index is 2.58. The number of aliphatic hydroxyl groups is 1. The minimum atomic E-state index is -0.503. The van der Waals surface area contributed by atoms with Gasteiger partial charge in [-0.2, -0.15) is 0 Å². The summed E-state index contributed by atoms with van der Waals surface area (Å²) in [5.41, 5.74) is 8.24. The first-order chi connectivity index (χ1) is 7.72. The van der Waals surface area contributed by atoms with Crippen molar-refractivity contribution >= 4 is 10.9 Å². The minimum absolute atomic E-state index is 0.483. The van der Waals surface area contributed by atoms with Crippen LogP contribution in [0.2, 0.25) is 0 Å². The van der Waals surface area contributed by atoms with Crippen molar-refractivity contribution in [1.29, 1.82) is 0 Å². The van der Waals surface area contributed by atoms with E-state index in [0.717, 1.165) is 22.2 Å². The molecule has 0 aliphatic rings. The van der Waals surface area contributed by atoms with Gasteiger partial charge in [0, 0.05) is 11.1 Å². The van der Waals surface area contributed by atoms with E-state index in [4.69, 9.17) is 5.73 Å². The summed E-state index contributed by atoms with van der Waals surface area (Å²) in [6, 6.07) is 9.78. The van der Waals surface area contributed by atoms with Gasteiger partial charge in [0.15, 0.2) is 0 Å². The molecule has 0 fully saturated rings. The molecule has 0 amide bonds. The van der Waals surface area contributed by atoms with Gasteiger partial charge in [0.25, 0.3) is 0 Å². The van der Waals surface area contributed by atoms with Crippen molar-refractivity contribution in [3.05, 3.63) is 41.6 Å². The number of benzene rings is 1. The van der Waals surface area contributed by atoms with Crippen molar-refractivity contribution in [2.75, 3.05) is 6.54 Å². The van der Waals surface area contributed by atoms with Crippen molar-refractivity contribution in [2.45, 2.75) is 19.4 Å². The van der Waals surface area contributed by atoms with Crippen LogP contribution in [0.1, 0.15) is 23.8 Å². The van der Waals surface area contributed by atoms with E-state index in [9.17, 15) is 5.11 Å². The molecule has 0 bridgehead atoms. The number of para-hydroxylation sites is 1. The first-order valence-electron chi connectivity index (χ1n) is 5.47. The largest absolute Gasteiger partial charge is 0.388 e. The van der Waals surface area contributed by atoms with Crippen LogP contribution < -0.4 is 5.73 Å². The van der Waals surface area contributed by atoms with Gasteiger partial charge >= 0.3 is 0 Å². The molecule has 0 unspecified atom stereocenters. The highest BCUT2D eigenvalue weighted by atomic mass is 16.3. The molecule has 1 aromatic heterocycles. The fraction of sp³-hybridized carbons (Fsp3) is 0.308. The zero-order chi connectivity index (χ0) is 11.5. The van der Waals surface area contributed by atoms with Gasteiger partial charge in [-0.1, -0.05) is 18.2 Å². The highest BCUT2D eigenvalue weighted by Crippen LogP contribution is 2.25. The number of pyridine rings is 1. The first-order valence-corrected chi connectivity index (χ1v) is 5.47. The second kappa shape index (κ2) is 4.60. The summed E-state index contributed by atoms with van der Waals surface area (Å²) in [7, 11) is 0. The van der Waals surface area contributed by atoms with Crippen molar-refractivity contribution < 1.29 is 5.11 Å². The Morgan fingerprint density at radius 3 is 2.88 bits per heavy atom. The molecule has 1 aromatic carbocycles. The smallest absolute Gasteiger partial charge is 0.0809 e. The predicted octanol–water partition coefficient (Wildman–Crippen LogP) is 1.93. The number of aryl methyl sites for hydroxylation is 1. The second-order valence-electron chi connectivity index (χ2n) is 3.96. The molecule has 0 spiro atoms. The van der Waals surface area contributed by atoms with Gasteiger partial charge in [0.1, 0.15) is 0 Å². The lowest BCUT2D eigenvalue weighted by atomic mass is 10.0. The molecule has 2 aromatic rings. The van der Waals surface area contributed by atoms with Crippen molar-refractivity contribution in [3.8, 4) is 0 Å². The van der Waals surface area contributed by atoms with Gasteiger partial charge in [-0.3, -0.25) is 4.98 Å². The Hall–Kier alpha value is -1.45. The van der Waals surface area contributed by atoms with Gasteiger partial charge in [-0.25, -0.2) is 0 Å². The van der Waals surface area contributed by atoms with Crippen LogP contribution in [0.25, 0.3) is 10.9 Å². The maximum Gasteiger partial charge on any atom is 0.0809 e. The Kier molecular flexibility index (Phi) is 3.17. The molecule has 0 aliphatic heterocycles. The average molecular weight is 216 g/mol. The molecular formula is C13H16N2O. The third kappa shape index (κ3) is 2.05. The second-order valence-corrected chi connectivity index (χ2v) is 3.96. The van der Waals surface area contributed by atoms with E-state index < -0.39 is 6.10 Å². The minimum Gasteiger partial charge on any atom is -0.388 e. The molecule has 0 saturated heterocycles. The van der Waals surface area contributed by atoms with Crippen LogP contribution >= 0.6 is 0 Å². The number of hydrogen-bond acceptors (Lipinski definition) is 3. The monoisotopic (exact) mass is 216 g/mol. The van der Waals surface area contributed by atoms with Crippen LogP contribution in [0.4, 0.5) is 0 Å². The van der Waals surface area contributed by atoms with Gasteiger partial charge in [-0.05, 0) is 37.6 Å². The third-order valence-electron chi connectivity index (χ3n) is 2.68. The van der Waals surface area contributed by atoms with Crippen LogP contribution in [-0.2, 0) is 0 Å². The number of fused-ring (bicyclic) bond motifs is 1. The van der Waals surface area contributed by atoms with Gasteiger partial charge in [0.05, 0.1) is 11.6 Å². The summed E-state index contributed by atoms with van der Waals surface area (Å²) in [4.78, 5) is 4.44. The van der Waals surface area contributed by atoms with Gasteiger partial charge in [-0.15, -0.1) is 0 Å². The number of nitrogens with zero attached hydrogens (tertiary/aromatic N) is 1. The molecule has 2 rings (SSSR count). The highest BCUT2D eigenvalue weighted by Gasteiger charge is 2.11. The normalized spacial score (nSPS) is 12.9.